The highest BCUT2D eigenvalue weighted by Gasteiger charge is 2.39. The molecule has 3 saturated heterocycles. The number of nitrogens with zero attached hydrogens (tertiary/aromatic N) is 1. The van der Waals surface area contributed by atoms with Crippen molar-refractivity contribution < 1.29 is 4.79 Å². The Bertz CT molecular complexity index is 324. The first-order valence-corrected chi connectivity index (χ1v) is 6.92. The van der Waals surface area contributed by atoms with Crippen molar-refractivity contribution in [1.82, 2.24) is 10.2 Å². The molecule has 4 aliphatic rings. The Hall–Kier alpha value is -0.830. The SMILES string of the molecule is C=C[C@H]1CN2CC[C@H]1C[C@@H]2CNC(=O)C1CC1. The lowest BCUT2D eigenvalue weighted by atomic mass is 9.75. The van der Waals surface area contributed by atoms with Gasteiger partial charge in [0.25, 0.3) is 0 Å². The zero-order chi connectivity index (χ0) is 11.8. The van der Waals surface area contributed by atoms with Gasteiger partial charge in [0.15, 0.2) is 0 Å². The van der Waals surface area contributed by atoms with Crippen molar-refractivity contribution >= 4 is 5.91 Å². The minimum Gasteiger partial charge on any atom is -0.354 e. The Morgan fingerprint density at radius 2 is 2.24 bits per heavy atom. The van der Waals surface area contributed by atoms with Crippen molar-refractivity contribution in [2.24, 2.45) is 17.8 Å². The van der Waals surface area contributed by atoms with E-state index in [1.165, 1.54) is 19.4 Å². The molecule has 4 rings (SSSR count). The molecule has 0 aromatic rings. The van der Waals surface area contributed by atoms with Crippen molar-refractivity contribution in [2.45, 2.75) is 31.7 Å². The highest BCUT2D eigenvalue weighted by Crippen LogP contribution is 2.36. The van der Waals surface area contributed by atoms with E-state index in [4.69, 9.17) is 0 Å². The van der Waals surface area contributed by atoms with E-state index in [0.717, 1.165) is 31.8 Å². The summed E-state index contributed by atoms with van der Waals surface area (Å²) < 4.78 is 0. The van der Waals surface area contributed by atoms with Gasteiger partial charge in [-0.15, -0.1) is 6.58 Å². The van der Waals surface area contributed by atoms with E-state index < -0.39 is 0 Å². The number of fused-ring (bicyclic) bond motifs is 3. The van der Waals surface area contributed by atoms with Crippen molar-refractivity contribution in [2.75, 3.05) is 19.6 Å². The van der Waals surface area contributed by atoms with Gasteiger partial charge in [0.1, 0.15) is 0 Å². The van der Waals surface area contributed by atoms with E-state index in [2.05, 4.69) is 22.9 Å². The van der Waals surface area contributed by atoms with Crippen LogP contribution in [0.2, 0.25) is 0 Å². The van der Waals surface area contributed by atoms with Crippen LogP contribution in [-0.4, -0.2) is 36.5 Å². The Labute approximate surface area is 103 Å². The van der Waals surface area contributed by atoms with Gasteiger partial charge in [-0.25, -0.2) is 0 Å². The van der Waals surface area contributed by atoms with E-state index in [9.17, 15) is 4.79 Å². The molecule has 4 fully saturated rings. The second kappa shape index (κ2) is 4.45. The molecule has 17 heavy (non-hydrogen) atoms. The fraction of sp³-hybridized carbons (Fsp3) is 0.786. The maximum Gasteiger partial charge on any atom is 0.223 e. The molecular weight excluding hydrogens is 212 g/mol. The molecule has 0 spiro atoms. The van der Waals surface area contributed by atoms with E-state index >= 15 is 0 Å². The fourth-order valence-corrected chi connectivity index (χ4v) is 3.37. The monoisotopic (exact) mass is 234 g/mol. The van der Waals surface area contributed by atoms with Gasteiger partial charge in [0, 0.05) is 25.0 Å². The predicted octanol–water partition coefficient (Wildman–Crippen LogP) is 1.41. The lowest BCUT2D eigenvalue weighted by Crippen LogP contribution is -2.56. The molecule has 1 saturated carbocycles. The maximum absolute atomic E-state index is 11.6. The summed E-state index contributed by atoms with van der Waals surface area (Å²) >= 11 is 0. The summed E-state index contributed by atoms with van der Waals surface area (Å²) in [5.74, 6) is 2.11. The topological polar surface area (TPSA) is 32.3 Å². The number of amides is 1. The summed E-state index contributed by atoms with van der Waals surface area (Å²) in [5, 5.41) is 3.13. The molecule has 3 heteroatoms. The molecule has 3 heterocycles. The fourth-order valence-electron chi connectivity index (χ4n) is 3.37. The molecule has 4 atom stereocenters. The van der Waals surface area contributed by atoms with Gasteiger partial charge in [0.05, 0.1) is 0 Å². The summed E-state index contributed by atoms with van der Waals surface area (Å²) in [7, 11) is 0. The zero-order valence-electron chi connectivity index (χ0n) is 10.4. The molecule has 0 radical (unpaired) electrons. The van der Waals surface area contributed by atoms with E-state index in [0.29, 0.717) is 17.9 Å². The summed E-state index contributed by atoms with van der Waals surface area (Å²) in [5.41, 5.74) is 0. The first-order valence-electron chi connectivity index (χ1n) is 6.92. The van der Waals surface area contributed by atoms with Crippen LogP contribution >= 0.6 is 0 Å². The van der Waals surface area contributed by atoms with Crippen LogP contribution in [0.25, 0.3) is 0 Å². The molecule has 1 amide bonds. The molecular formula is C14H22N2O. The minimum atomic E-state index is 0.285. The van der Waals surface area contributed by atoms with Crippen LogP contribution in [0, 0.1) is 17.8 Å². The summed E-state index contributed by atoms with van der Waals surface area (Å²) in [6.45, 7) is 7.15. The third-order valence-corrected chi connectivity index (χ3v) is 4.69. The molecule has 2 bridgehead atoms. The number of hydrogen-bond acceptors (Lipinski definition) is 2. The molecule has 3 aliphatic heterocycles. The Balaban J connectivity index is 1.52. The van der Waals surface area contributed by atoms with Crippen LogP contribution in [0.15, 0.2) is 12.7 Å². The van der Waals surface area contributed by atoms with Crippen molar-refractivity contribution in [3.05, 3.63) is 12.7 Å². The van der Waals surface area contributed by atoms with Gasteiger partial charge >= 0.3 is 0 Å². The van der Waals surface area contributed by atoms with Gasteiger partial charge < -0.3 is 5.32 Å². The largest absolute Gasteiger partial charge is 0.354 e. The summed E-state index contributed by atoms with van der Waals surface area (Å²) in [6.07, 6.45) is 6.87. The first-order chi connectivity index (χ1) is 8.28. The average Bonchev–Trinajstić information content (AvgIpc) is 3.20. The molecule has 0 aromatic heterocycles. The van der Waals surface area contributed by atoms with Crippen molar-refractivity contribution in [1.29, 1.82) is 0 Å². The van der Waals surface area contributed by atoms with Crippen LogP contribution in [0.4, 0.5) is 0 Å². The number of carbonyl (C=O) groups is 1. The number of hydrogen-bond donors (Lipinski definition) is 1. The van der Waals surface area contributed by atoms with Gasteiger partial charge in [-0.3, -0.25) is 9.69 Å². The quantitative estimate of drug-likeness (QED) is 0.746. The van der Waals surface area contributed by atoms with Crippen LogP contribution in [0.3, 0.4) is 0 Å². The number of nitrogens with one attached hydrogen (secondary N) is 1. The average molecular weight is 234 g/mol. The smallest absolute Gasteiger partial charge is 0.223 e. The maximum atomic E-state index is 11.6. The number of piperidine rings is 3. The third-order valence-electron chi connectivity index (χ3n) is 4.69. The molecule has 0 aromatic carbocycles. The summed E-state index contributed by atoms with van der Waals surface area (Å²) in [4.78, 5) is 14.2. The van der Waals surface area contributed by atoms with E-state index in [1.54, 1.807) is 0 Å². The van der Waals surface area contributed by atoms with Crippen LogP contribution in [0.5, 0.6) is 0 Å². The van der Waals surface area contributed by atoms with E-state index in [-0.39, 0.29) is 5.91 Å². The number of rotatable bonds is 4. The normalized spacial score (nSPS) is 40.0. The molecule has 94 valence electrons. The highest BCUT2D eigenvalue weighted by atomic mass is 16.2. The Morgan fingerprint density at radius 1 is 1.41 bits per heavy atom. The van der Waals surface area contributed by atoms with Crippen LogP contribution < -0.4 is 5.32 Å². The molecule has 1 N–H and O–H groups in total. The lowest BCUT2D eigenvalue weighted by Gasteiger charge is -2.49. The first kappa shape index (κ1) is 11.3. The van der Waals surface area contributed by atoms with Gasteiger partial charge in [0.2, 0.25) is 5.91 Å². The zero-order valence-corrected chi connectivity index (χ0v) is 10.4. The van der Waals surface area contributed by atoms with Gasteiger partial charge in [-0.1, -0.05) is 6.08 Å². The van der Waals surface area contributed by atoms with Crippen LogP contribution in [0.1, 0.15) is 25.7 Å². The number of carbonyl (C=O) groups excluding carboxylic acids is 1. The Kier molecular flexibility index (Phi) is 2.95. The molecule has 1 aliphatic carbocycles. The standard InChI is InChI=1S/C14H22N2O/c1-2-10-9-16-6-5-12(10)7-13(16)8-15-14(17)11-3-4-11/h2,10-13H,1,3-9H2,(H,15,17)/t10-,12-,13+/m0/s1. The van der Waals surface area contributed by atoms with Crippen molar-refractivity contribution in [3.63, 3.8) is 0 Å². The highest BCUT2D eigenvalue weighted by molar-refractivity contribution is 5.80. The molecule has 1 unspecified atom stereocenters. The Morgan fingerprint density at radius 3 is 2.82 bits per heavy atom. The molecule has 3 nitrogen and oxygen atoms in total. The second-order valence-electron chi connectivity index (χ2n) is 5.85. The minimum absolute atomic E-state index is 0.285. The van der Waals surface area contributed by atoms with Crippen LogP contribution in [-0.2, 0) is 4.79 Å². The predicted molar refractivity (Wildman–Crippen MR) is 67.5 cm³/mol. The third kappa shape index (κ3) is 2.25. The van der Waals surface area contributed by atoms with Gasteiger partial charge in [-0.05, 0) is 44.1 Å². The van der Waals surface area contributed by atoms with Crippen molar-refractivity contribution in [3.8, 4) is 0 Å². The summed E-state index contributed by atoms with van der Waals surface area (Å²) in [6, 6.07) is 0.577. The second-order valence-corrected chi connectivity index (χ2v) is 5.85. The van der Waals surface area contributed by atoms with Gasteiger partial charge in [-0.2, -0.15) is 0 Å². The van der Waals surface area contributed by atoms with E-state index in [1.807, 2.05) is 0 Å². The lowest BCUT2D eigenvalue weighted by molar-refractivity contribution is -0.122.